The van der Waals surface area contributed by atoms with Crippen LogP contribution in [-0.4, -0.2) is 12.1 Å². The van der Waals surface area contributed by atoms with Gasteiger partial charge in [0.2, 0.25) is 0 Å². The summed E-state index contributed by atoms with van der Waals surface area (Å²) in [5.41, 5.74) is 0. The molecule has 0 aromatic carbocycles. The van der Waals surface area contributed by atoms with Crippen LogP contribution >= 0.6 is 11.6 Å². The fraction of sp³-hybridized carbons (Fsp3) is 0.750. The van der Waals surface area contributed by atoms with Gasteiger partial charge in [0.05, 0.1) is 0 Å². The van der Waals surface area contributed by atoms with E-state index in [2.05, 4.69) is 11.8 Å². The first-order chi connectivity index (χ1) is 5.54. The van der Waals surface area contributed by atoms with Crippen LogP contribution in [0.4, 0.5) is 13.2 Å². The second kappa shape index (κ2) is 3.57. The highest BCUT2D eigenvalue weighted by Crippen LogP contribution is 2.30. The fourth-order valence-corrected chi connectivity index (χ4v) is 0.906. The quantitative estimate of drug-likeness (QED) is 0.447. The Bertz CT molecular complexity index is 207. The summed E-state index contributed by atoms with van der Waals surface area (Å²) in [4.78, 5) is 0. The molecule has 1 rings (SSSR count). The molecule has 1 unspecified atom stereocenters. The number of hydrogen-bond donors (Lipinski definition) is 0. The van der Waals surface area contributed by atoms with E-state index in [1.54, 1.807) is 0 Å². The molecule has 0 aromatic heterocycles. The molecule has 1 atom stereocenters. The summed E-state index contributed by atoms with van der Waals surface area (Å²) in [7, 11) is 0. The summed E-state index contributed by atoms with van der Waals surface area (Å²) < 4.78 is 36.0. The molecule has 0 bridgehead atoms. The van der Waals surface area contributed by atoms with E-state index in [-0.39, 0.29) is 5.92 Å². The van der Waals surface area contributed by atoms with Gasteiger partial charge >= 0.3 is 6.18 Å². The zero-order chi connectivity index (χ0) is 9.19. The van der Waals surface area contributed by atoms with Gasteiger partial charge in [-0.3, -0.25) is 0 Å². The van der Waals surface area contributed by atoms with E-state index >= 15 is 0 Å². The number of alkyl halides is 4. The minimum atomic E-state index is -4.27. The highest BCUT2D eigenvalue weighted by atomic mass is 35.5. The summed E-state index contributed by atoms with van der Waals surface area (Å²) in [5, 5.41) is 0. The Morgan fingerprint density at radius 1 is 1.42 bits per heavy atom. The van der Waals surface area contributed by atoms with Crippen LogP contribution < -0.4 is 0 Å². The molecule has 4 heteroatoms. The van der Waals surface area contributed by atoms with E-state index in [0.29, 0.717) is 0 Å². The molecule has 0 aromatic rings. The molecule has 1 saturated carbocycles. The van der Waals surface area contributed by atoms with Gasteiger partial charge in [-0.05, 0) is 12.8 Å². The molecule has 1 aliphatic rings. The third-order valence-corrected chi connectivity index (χ3v) is 1.90. The number of hydrogen-bond acceptors (Lipinski definition) is 0. The normalized spacial score (nSPS) is 19.7. The van der Waals surface area contributed by atoms with Gasteiger partial charge in [0.25, 0.3) is 0 Å². The lowest BCUT2D eigenvalue weighted by Gasteiger charge is -2.10. The minimum absolute atomic E-state index is 0.193. The van der Waals surface area contributed by atoms with E-state index in [4.69, 9.17) is 11.6 Å². The van der Waals surface area contributed by atoms with Crippen LogP contribution in [0.2, 0.25) is 0 Å². The second-order valence-corrected chi connectivity index (χ2v) is 3.12. The minimum Gasteiger partial charge on any atom is -0.170 e. The van der Waals surface area contributed by atoms with E-state index in [1.807, 2.05) is 0 Å². The van der Waals surface area contributed by atoms with Crippen molar-refractivity contribution < 1.29 is 13.2 Å². The first kappa shape index (κ1) is 9.73. The second-order valence-electron chi connectivity index (χ2n) is 2.81. The summed E-state index contributed by atoms with van der Waals surface area (Å²) in [5.74, 6) is 2.79. The molecule has 0 amide bonds. The zero-order valence-corrected chi connectivity index (χ0v) is 7.04. The molecule has 0 spiro atoms. The molecule has 0 N–H and O–H groups in total. The number of halogens is 4. The molecule has 0 heterocycles. The topological polar surface area (TPSA) is 0 Å². The number of rotatable bonds is 1. The summed E-state index contributed by atoms with van der Waals surface area (Å²) in [6.45, 7) is 0. The highest BCUT2D eigenvalue weighted by molar-refractivity contribution is 6.18. The van der Waals surface area contributed by atoms with Gasteiger partial charge in [-0.15, -0.1) is 11.6 Å². The average Bonchev–Trinajstić information content (AvgIpc) is 2.69. The van der Waals surface area contributed by atoms with E-state index < -0.39 is 18.0 Å². The lowest BCUT2D eigenvalue weighted by molar-refractivity contribution is -0.152. The van der Waals surface area contributed by atoms with Crippen molar-refractivity contribution in [2.75, 3.05) is 5.88 Å². The molecule has 0 radical (unpaired) electrons. The van der Waals surface area contributed by atoms with Crippen molar-refractivity contribution >= 4 is 11.6 Å². The van der Waals surface area contributed by atoms with Crippen LogP contribution in [0.3, 0.4) is 0 Å². The maximum Gasteiger partial charge on any atom is 0.403 e. The summed E-state index contributed by atoms with van der Waals surface area (Å²) >= 11 is 5.13. The molecule has 0 saturated heterocycles. The van der Waals surface area contributed by atoms with Crippen molar-refractivity contribution in [3.63, 3.8) is 0 Å². The van der Waals surface area contributed by atoms with Crippen LogP contribution in [0, 0.1) is 23.7 Å². The Kier molecular flexibility index (Phi) is 2.89. The first-order valence-corrected chi connectivity index (χ1v) is 4.21. The molecule has 0 aliphatic heterocycles. The van der Waals surface area contributed by atoms with Crippen LogP contribution in [0.15, 0.2) is 0 Å². The van der Waals surface area contributed by atoms with Crippen LogP contribution in [0.1, 0.15) is 12.8 Å². The third-order valence-electron chi connectivity index (χ3n) is 1.59. The van der Waals surface area contributed by atoms with Crippen LogP contribution in [0.5, 0.6) is 0 Å². The Balaban J connectivity index is 2.51. The Morgan fingerprint density at radius 3 is 2.33 bits per heavy atom. The van der Waals surface area contributed by atoms with Gasteiger partial charge in [-0.1, -0.05) is 11.8 Å². The lowest BCUT2D eigenvalue weighted by Crippen LogP contribution is -2.22. The smallest absolute Gasteiger partial charge is 0.170 e. The summed E-state index contributed by atoms with van der Waals surface area (Å²) in [6, 6.07) is 0. The largest absolute Gasteiger partial charge is 0.403 e. The van der Waals surface area contributed by atoms with Crippen molar-refractivity contribution in [1.82, 2.24) is 0 Å². The average molecular weight is 197 g/mol. The maximum atomic E-state index is 12.0. The fourth-order valence-electron chi connectivity index (χ4n) is 0.654. The predicted octanol–water partition coefficient (Wildman–Crippen LogP) is 2.82. The Hall–Kier alpha value is -0.360. The summed E-state index contributed by atoms with van der Waals surface area (Å²) in [6.07, 6.45) is -2.41. The van der Waals surface area contributed by atoms with E-state index in [0.717, 1.165) is 12.8 Å². The van der Waals surface area contributed by atoms with Gasteiger partial charge in [0.1, 0.15) is 5.92 Å². The van der Waals surface area contributed by atoms with Gasteiger partial charge in [0, 0.05) is 11.8 Å². The maximum absolute atomic E-state index is 12.0. The molecule has 1 fully saturated rings. The van der Waals surface area contributed by atoms with Gasteiger partial charge in [-0.2, -0.15) is 13.2 Å². The van der Waals surface area contributed by atoms with Crippen molar-refractivity contribution in [2.24, 2.45) is 11.8 Å². The van der Waals surface area contributed by atoms with Crippen LogP contribution in [0.25, 0.3) is 0 Å². The Morgan fingerprint density at radius 2 is 2.00 bits per heavy atom. The SMILES string of the molecule is FC(F)(F)C(C#CC1CC1)CCl. The zero-order valence-electron chi connectivity index (χ0n) is 6.29. The van der Waals surface area contributed by atoms with Gasteiger partial charge in [-0.25, -0.2) is 0 Å². The van der Waals surface area contributed by atoms with Gasteiger partial charge < -0.3 is 0 Å². The molecule has 12 heavy (non-hydrogen) atoms. The standard InChI is InChI=1S/C8H8ClF3/c9-5-7(8(10,11)12)4-3-6-1-2-6/h6-7H,1-2,5H2. The molecule has 0 nitrogen and oxygen atoms in total. The highest BCUT2D eigenvalue weighted by Gasteiger charge is 2.38. The van der Waals surface area contributed by atoms with E-state index in [1.165, 1.54) is 0 Å². The lowest BCUT2D eigenvalue weighted by atomic mass is 10.2. The predicted molar refractivity (Wildman–Crippen MR) is 40.8 cm³/mol. The van der Waals surface area contributed by atoms with Crippen molar-refractivity contribution in [3.8, 4) is 11.8 Å². The molecule has 68 valence electrons. The Labute approximate surface area is 74.1 Å². The molecule has 1 aliphatic carbocycles. The first-order valence-electron chi connectivity index (χ1n) is 3.67. The van der Waals surface area contributed by atoms with Crippen molar-refractivity contribution in [2.45, 2.75) is 19.0 Å². The van der Waals surface area contributed by atoms with Crippen molar-refractivity contribution in [3.05, 3.63) is 0 Å². The van der Waals surface area contributed by atoms with Crippen molar-refractivity contribution in [1.29, 1.82) is 0 Å². The molecular formula is C8H8ClF3. The van der Waals surface area contributed by atoms with Gasteiger partial charge in [0.15, 0.2) is 0 Å². The third kappa shape index (κ3) is 2.94. The van der Waals surface area contributed by atoms with Crippen LogP contribution in [-0.2, 0) is 0 Å². The van der Waals surface area contributed by atoms with E-state index in [9.17, 15) is 13.2 Å². The monoisotopic (exact) mass is 196 g/mol. The molecular weight excluding hydrogens is 189 g/mol.